The molecule has 0 aliphatic carbocycles. The minimum Gasteiger partial charge on any atom is -1.00 e. The summed E-state index contributed by atoms with van der Waals surface area (Å²) in [7, 11) is 23.2. The third-order valence-corrected chi connectivity index (χ3v) is 6.92. The Bertz CT molecular complexity index is 421. The lowest BCUT2D eigenvalue weighted by Gasteiger charge is -2.31. The van der Waals surface area contributed by atoms with E-state index in [1.165, 1.54) is 125 Å². The molecule has 42 heavy (non-hydrogen) atoms. The van der Waals surface area contributed by atoms with Crippen LogP contribution in [0.1, 0.15) is 121 Å². The lowest BCUT2D eigenvalue weighted by atomic mass is 10.1. The molecule has 0 unspecified atom stereocenters. The molecule has 0 saturated heterocycles. The summed E-state index contributed by atoms with van der Waals surface area (Å²) in [5, 5.41) is 0. The summed E-state index contributed by atoms with van der Waals surface area (Å²) >= 11 is 0. The number of rotatable bonds is 20. The highest BCUT2D eigenvalue weighted by molar-refractivity contribution is 4.45. The molecule has 8 heteroatoms. The van der Waals surface area contributed by atoms with Crippen LogP contribution in [0.25, 0.3) is 0 Å². The van der Waals surface area contributed by atoms with Crippen LogP contribution < -0.4 is 49.6 Å². The molecule has 0 aromatic heterocycles. The maximum absolute atomic E-state index is 2.38. The second-order valence-electron chi connectivity index (χ2n) is 14.3. The van der Waals surface area contributed by atoms with Crippen molar-refractivity contribution in [1.29, 1.82) is 0 Å². The number of nitrogens with zero attached hydrogens (tertiary/aromatic N) is 4. The van der Waals surface area contributed by atoms with E-state index in [1.807, 2.05) is 0 Å². The summed E-state index contributed by atoms with van der Waals surface area (Å²) < 4.78 is 4.59. The van der Waals surface area contributed by atoms with Gasteiger partial charge < -0.3 is 67.6 Å². The first-order valence-electron chi connectivity index (χ1n) is 14.8. The Labute approximate surface area is 296 Å². The smallest absolute Gasteiger partial charge is 0.0836 e. The van der Waals surface area contributed by atoms with E-state index in [1.54, 1.807) is 0 Å². The van der Waals surface area contributed by atoms with E-state index in [0.29, 0.717) is 0 Å². The molecule has 0 bridgehead atoms. The third-order valence-electron chi connectivity index (χ3n) is 6.92. The molecule has 0 radical (unpaired) electrons. The van der Waals surface area contributed by atoms with Gasteiger partial charge in [-0.25, -0.2) is 0 Å². The highest BCUT2D eigenvalue weighted by Crippen LogP contribution is 2.09. The minimum absolute atomic E-state index is 0. The fourth-order valence-electron chi connectivity index (χ4n) is 4.46. The lowest BCUT2D eigenvalue weighted by molar-refractivity contribution is -0.902. The van der Waals surface area contributed by atoms with Crippen LogP contribution in [0, 0.1) is 0 Å². The summed E-state index contributed by atoms with van der Waals surface area (Å²) in [6, 6.07) is 0. The van der Waals surface area contributed by atoms with Gasteiger partial charge in [-0.2, -0.15) is 0 Å². The highest BCUT2D eigenvalue weighted by Gasteiger charge is 2.17. The maximum atomic E-state index is 2.38. The van der Waals surface area contributed by atoms with Crippen molar-refractivity contribution in [2.75, 3.05) is 110 Å². The van der Waals surface area contributed by atoms with E-state index in [2.05, 4.69) is 84.3 Å². The van der Waals surface area contributed by atoms with Gasteiger partial charge in [0, 0.05) is 12.8 Å². The minimum atomic E-state index is 0. The SMILES string of the molecule is C.C.C.C.CCCCCCC[N+](C)(C)CCC[N+](C)(C)C.CCCCCCC[N+](C)(C)CCC[N+](C)(C)C.[Cl-].[Cl-].[Cl-].[Cl-]. The predicted molar refractivity (Wildman–Crippen MR) is 183 cm³/mol. The van der Waals surface area contributed by atoms with Crippen LogP contribution in [0.2, 0.25) is 0 Å². The van der Waals surface area contributed by atoms with E-state index in [9.17, 15) is 0 Å². The Hall–Kier alpha value is 1.00. The lowest BCUT2D eigenvalue weighted by Crippen LogP contribution is -3.00. The molecule has 4 nitrogen and oxygen atoms in total. The first kappa shape index (κ1) is 69.7. The monoisotopic (exact) mass is 693 g/mol. The van der Waals surface area contributed by atoms with Crippen molar-refractivity contribution in [3.8, 4) is 0 Å². The summed E-state index contributed by atoms with van der Waals surface area (Å²) in [6.07, 6.45) is 16.7. The van der Waals surface area contributed by atoms with Crippen LogP contribution in [-0.4, -0.2) is 128 Å². The van der Waals surface area contributed by atoms with Crippen molar-refractivity contribution < 1.29 is 67.6 Å². The number of halogens is 4. The van der Waals surface area contributed by atoms with Crippen LogP contribution in [0.15, 0.2) is 0 Å². The fourth-order valence-corrected chi connectivity index (χ4v) is 4.46. The van der Waals surface area contributed by atoms with Gasteiger partial charge in [0.15, 0.2) is 0 Å². The molecule has 0 aromatic carbocycles. The van der Waals surface area contributed by atoms with Crippen molar-refractivity contribution in [2.24, 2.45) is 0 Å². The molecule has 0 N–H and O–H groups in total. The maximum Gasteiger partial charge on any atom is 0.0836 e. The van der Waals surface area contributed by atoms with E-state index >= 15 is 0 Å². The molecule has 0 atom stereocenters. The van der Waals surface area contributed by atoms with Crippen molar-refractivity contribution >= 4 is 0 Å². The summed E-state index contributed by atoms with van der Waals surface area (Å²) in [6.45, 7) is 12.5. The zero-order chi connectivity index (χ0) is 26.7. The zero-order valence-corrected chi connectivity index (χ0v) is 31.1. The van der Waals surface area contributed by atoms with Crippen molar-refractivity contribution in [3.05, 3.63) is 0 Å². The Kier molecular flexibility index (Phi) is 63.3. The Morgan fingerprint density at radius 3 is 0.714 bits per heavy atom. The third kappa shape index (κ3) is 60.2. The van der Waals surface area contributed by atoms with Gasteiger partial charge in [0.25, 0.3) is 0 Å². The molecule has 0 spiro atoms. The Morgan fingerprint density at radius 2 is 0.500 bits per heavy atom. The quantitative estimate of drug-likeness (QED) is 0.0933. The molecule has 272 valence electrons. The average molecular weight is 695 g/mol. The predicted octanol–water partition coefficient (Wildman–Crippen LogP) is -3.18. The normalized spacial score (nSPS) is 10.6. The standard InChI is InChI=1S/2C15H36N2.4CH4.4ClH/c2*1-7-8-9-10-11-14-17(5,6)15-12-13-16(2,3)4;;;;;;;;/h2*7-15H2,1-6H3;4*1H4;4*1H/q2*+2;;;;;;;;/p-4. The van der Waals surface area contributed by atoms with Crippen LogP contribution in [0.4, 0.5) is 0 Å². The van der Waals surface area contributed by atoms with Crippen molar-refractivity contribution in [3.63, 3.8) is 0 Å². The molecular weight excluding hydrogens is 606 g/mol. The second-order valence-corrected chi connectivity index (χ2v) is 14.3. The largest absolute Gasteiger partial charge is 1.00 e. The van der Waals surface area contributed by atoms with Crippen molar-refractivity contribution in [2.45, 2.75) is 121 Å². The number of hydrogen-bond donors (Lipinski definition) is 0. The van der Waals surface area contributed by atoms with Gasteiger partial charge in [-0.3, -0.25) is 0 Å². The van der Waals surface area contributed by atoms with Crippen molar-refractivity contribution in [1.82, 2.24) is 0 Å². The number of hydrogen-bond acceptors (Lipinski definition) is 0. The summed E-state index contributed by atoms with van der Waals surface area (Å²) in [5.41, 5.74) is 0. The van der Waals surface area contributed by atoms with E-state index in [-0.39, 0.29) is 79.3 Å². The molecule has 0 heterocycles. The number of unbranched alkanes of at least 4 members (excludes halogenated alkanes) is 8. The second kappa shape index (κ2) is 38.2. The number of quaternary nitrogens is 4. The van der Waals surface area contributed by atoms with Gasteiger partial charge in [0.1, 0.15) is 0 Å². The molecule has 0 aromatic rings. The summed E-state index contributed by atoms with van der Waals surface area (Å²) in [4.78, 5) is 0. The first-order valence-corrected chi connectivity index (χ1v) is 14.8. The summed E-state index contributed by atoms with van der Waals surface area (Å²) in [5.74, 6) is 0. The molecular formula is C34H88Cl4N4. The first-order chi connectivity index (χ1) is 15.5. The topological polar surface area (TPSA) is 0 Å². The van der Waals surface area contributed by atoms with Gasteiger partial charge in [0.05, 0.1) is 110 Å². The Balaban J connectivity index is -0.0000000512. The van der Waals surface area contributed by atoms with Gasteiger partial charge in [-0.15, -0.1) is 0 Å². The Morgan fingerprint density at radius 1 is 0.286 bits per heavy atom. The van der Waals surface area contributed by atoms with E-state index in [4.69, 9.17) is 0 Å². The van der Waals surface area contributed by atoms with Crippen LogP contribution >= 0.6 is 0 Å². The van der Waals surface area contributed by atoms with Crippen LogP contribution in [0.3, 0.4) is 0 Å². The molecule has 0 fully saturated rings. The van der Waals surface area contributed by atoms with Crippen LogP contribution in [-0.2, 0) is 0 Å². The molecule has 0 aliphatic heterocycles. The van der Waals surface area contributed by atoms with E-state index < -0.39 is 0 Å². The fraction of sp³-hybridized carbons (Fsp3) is 1.00. The van der Waals surface area contributed by atoms with E-state index in [0.717, 1.165) is 8.97 Å². The van der Waals surface area contributed by atoms with Gasteiger partial charge in [0.2, 0.25) is 0 Å². The van der Waals surface area contributed by atoms with Gasteiger partial charge in [-0.1, -0.05) is 82.1 Å². The molecule has 0 rings (SSSR count). The molecule has 0 aliphatic rings. The average Bonchev–Trinajstić information content (AvgIpc) is 2.65. The zero-order valence-electron chi connectivity index (χ0n) is 28.0. The van der Waals surface area contributed by atoms with Gasteiger partial charge in [-0.05, 0) is 25.7 Å². The molecule has 0 amide bonds. The highest BCUT2D eigenvalue weighted by atomic mass is 35.5. The van der Waals surface area contributed by atoms with Crippen LogP contribution in [0.5, 0.6) is 0 Å². The molecule has 0 saturated carbocycles. The van der Waals surface area contributed by atoms with Gasteiger partial charge >= 0.3 is 0 Å².